The van der Waals surface area contributed by atoms with Crippen LogP contribution in [0.1, 0.15) is 56.2 Å². The van der Waals surface area contributed by atoms with Crippen LogP contribution in [0.15, 0.2) is 41.0 Å². The molecule has 150 valence electrons. The molecule has 0 spiro atoms. The Morgan fingerprint density at radius 3 is 2.30 bits per heavy atom. The standard InChI is InChI=1S/C16H15F3N2O2.2C2H6/c1-21-6-4-12(20)15-11(5-7-23-15)14(21)10-3-2-9(8-13(10)22)16(17,18)19;2*1-2/h2-5,7-8,14,22H,6,20H2,1H3;2*1-2H3. The molecule has 7 heteroatoms. The second kappa shape index (κ2) is 9.50. The molecule has 2 heterocycles. The molecule has 0 aliphatic carbocycles. The van der Waals surface area contributed by atoms with E-state index in [1.165, 1.54) is 12.3 Å². The molecule has 1 aliphatic rings. The maximum atomic E-state index is 12.8. The number of furan rings is 1. The molecule has 1 atom stereocenters. The van der Waals surface area contributed by atoms with Gasteiger partial charge < -0.3 is 15.3 Å². The van der Waals surface area contributed by atoms with E-state index in [2.05, 4.69) is 0 Å². The number of rotatable bonds is 1. The summed E-state index contributed by atoms with van der Waals surface area (Å²) in [4.78, 5) is 1.87. The van der Waals surface area contributed by atoms with Crippen molar-refractivity contribution >= 4 is 5.70 Å². The molecule has 2 aromatic rings. The van der Waals surface area contributed by atoms with Crippen LogP contribution < -0.4 is 5.73 Å². The molecule has 0 fully saturated rings. The van der Waals surface area contributed by atoms with Crippen molar-refractivity contribution in [1.29, 1.82) is 0 Å². The average molecular weight is 384 g/mol. The van der Waals surface area contributed by atoms with Gasteiger partial charge in [-0.1, -0.05) is 33.8 Å². The molecule has 1 unspecified atom stereocenters. The Morgan fingerprint density at radius 2 is 1.74 bits per heavy atom. The van der Waals surface area contributed by atoms with Gasteiger partial charge in [-0.2, -0.15) is 13.2 Å². The van der Waals surface area contributed by atoms with E-state index >= 15 is 0 Å². The number of hydrogen-bond donors (Lipinski definition) is 2. The number of hydrogen-bond acceptors (Lipinski definition) is 4. The molecule has 0 amide bonds. The minimum absolute atomic E-state index is 0.367. The van der Waals surface area contributed by atoms with Gasteiger partial charge in [0.15, 0.2) is 5.76 Å². The van der Waals surface area contributed by atoms with Crippen molar-refractivity contribution in [1.82, 2.24) is 4.90 Å². The van der Waals surface area contributed by atoms with Crippen LogP contribution in [0.5, 0.6) is 5.75 Å². The lowest BCUT2D eigenvalue weighted by molar-refractivity contribution is -0.137. The van der Waals surface area contributed by atoms with Crippen LogP contribution in [0.4, 0.5) is 13.2 Å². The highest BCUT2D eigenvalue weighted by molar-refractivity contribution is 5.64. The van der Waals surface area contributed by atoms with Gasteiger partial charge >= 0.3 is 6.18 Å². The highest BCUT2D eigenvalue weighted by atomic mass is 19.4. The van der Waals surface area contributed by atoms with Crippen molar-refractivity contribution in [3.63, 3.8) is 0 Å². The number of phenols is 1. The molecule has 1 aromatic heterocycles. The smallest absolute Gasteiger partial charge is 0.416 e. The van der Waals surface area contributed by atoms with Gasteiger partial charge in [0.2, 0.25) is 0 Å². The minimum atomic E-state index is -4.50. The zero-order valence-electron chi connectivity index (χ0n) is 16.3. The number of likely N-dealkylation sites (N-methyl/N-ethyl adjacent to an activating group) is 1. The van der Waals surface area contributed by atoms with Crippen LogP contribution in [-0.4, -0.2) is 23.6 Å². The third kappa shape index (κ3) is 4.86. The van der Waals surface area contributed by atoms with Gasteiger partial charge in [0, 0.05) is 17.7 Å². The predicted octanol–water partition coefficient (Wildman–Crippen LogP) is 5.39. The van der Waals surface area contributed by atoms with Gasteiger partial charge in [0.25, 0.3) is 0 Å². The van der Waals surface area contributed by atoms with E-state index in [0.29, 0.717) is 29.1 Å². The lowest BCUT2D eigenvalue weighted by Crippen LogP contribution is -2.25. The molecule has 3 rings (SSSR count). The van der Waals surface area contributed by atoms with Gasteiger partial charge in [0.1, 0.15) is 5.75 Å². The third-order valence-corrected chi connectivity index (χ3v) is 3.94. The number of aromatic hydroxyl groups is 1. The quantitative estimate of drug-likeness (QED) is 0.692. The van der Waals surface area contributed by atoms with Crippen molar-refractivity contribution in [3.05, 3.63) is 59.1 Å². The summed E-state index contributed by atoms with van der Waals surface area (Å²) in [5.74, 6) is 0.0583. The number of nitrogens with two attached hydrogens (primary N) is 1. The van der Waals surface area contributed by atoms with E-state index in [1.807, 2.05) is 32.6 Å². The van der Waals surface area contributed by atoms with Crippen molar-refractivity contribution in [2.75, 3.05) is 13.6 Å². The first-order valence-electron chi connectivity index (χ1n) is 8.93. The Hall–Kier alpha value is -2.41. The molecule has 0 saturated carbocycles. The monoisotopic (exact) mass is 384 g/mol. The van der Waals surface area contributed by atoms with Crippen LogP contribution >= 0.6 is 0 Å². The van der Waals surface area contributed by atoms with Crippen molar-refractivity contribution in [3.8, 4) is 5.75 Å². The summed E-state index contributed by atoms with van der Waals surface area (Å²) in [6, 6.07) is 4.25. The molecular formula is C20H27F3N2O2. The first-order valence-corrected chi connectivity index (χ1v) is 8.93. The average Bonchev–Trinajstić information content (AvgIpc) is 3.09. The predicted molar refractivity (Wildman–Crippen MR) is 101 cm³/mol. The number of benzene rings is 1. The lowest BCUT2D eigenvalue weighted by Gasteiger charge is -2.27. The topological polar surface area (TPSA) is 62.6 Å². The lowest BCUT2D eigenvalue weighted by atomic mass is 9.95. The Bertz CT molecular complexity index is 767. The van der Waals surface area contributed by atoms with Gasteiger partial charge in [-0.25, -0.2) is 0 Å². The second-order valence-electron chi connectivity index (χ2n) is 5.48. The number of phenolic OH excluding ortho intramolecular Hbond substituents is 1. The Morgan fingerprint density at radius 1 is 1.11 bits per heavy atom. The first-order chi connectivity index (χ1) is 12.8. The van der Waals surface area contributed by atoms with E-state index in [-0.39, 0.29) is 0 Å². The molecule has 0 bridgehead atoms. The Labute approximate surface area is 158 Å². The summed E-state index contributed by atoms with van der Waals surface area (Å²) in [7, 11) is 1.80. The molecule has 4 nitrogen and oxygen atoms in total. The van der Waals surface area contributed by atoms with Crippen LogP contribution in [0.3, 0.4) is 0 Å². The van der Waals surface area contributed by atoms with E-state index in [9.17, 15) is 18.3 Å². The summed E-state index contributed by atoms with van der Waals surface area (Å²) in [5.41, 5.74) is 6.59. The van der Waals surface area contributed by atoms with Crippen molar-refractivity contribution in [2.45, 2.75) is 39.9 Å². The van der Waals surface area contributed by atoms with Crippen molar-refractivity contribution in [2.24, 2.45) is 5.73 Å². The van der Waals surface area contributed by atoms with Gasteiger partial charge in [0.05, 0.1) is 23.6 Å². The fraction of sp³-hybridized carbons (Fsp3) is 0.400. The summed E-state index contributed by atoms with van der Waals surface area (Å²) >= 11 is 0. The highest BCUT2D eigenvalue weighted by Gasteiger charge is 2.33. The Kier molecular flexibility index (Phi) is 7.97. The number of halogens is 3. The highest BCUT2D eigenvalue weighted by Crippen LogP contribution is 2.40. The molecule has 0 radical (unpaired) electrons. The number of alkyl halides is 3. The molecule has 3 N–H and O–H groups in total. The van der Waals surface area contributed by atoms with Crippen LogP contribution in [-0.2, 0) is 6.18 Å². The van der Waals surface area contributed by atoms with Crippen molar-refractivity contribution < 1.29 is 22.7 Å². The largest absolute Gasteiger partial charge is 0.508 e. The molecule has 1 aromatic carbocycles. The van der Waals surface area contributed by atoms with Gasteiger partial charge in [-0.05, 0) is 31.3 Å². The molecule has 0 saturated heterocycles. The van der Waals surface area contributed by atoms with Gasteiger partial charge in [-0.15, -0.1) is 0 Å². The van der Waals surface area contributed by atoms with E-state index in [0.717, 1.165) is 12.1 Å². The SMILES string of the molecule is CC.CC.CN1CC=C(N)c2occc2C1c1ccc(C(F)(F)F)cc1O. The zero-order valence-corrected chi connectivity index (χ0v) is 16.3. The maximum absolute atomic E-state index is 12.8. The molecule has 1 aliphatic heterocycles. The minimum Gasteiger partial charge on any atom is -0.508 e. The van der Waals surface area contributed by atoms with Gasteiger partial charge in [-0.3, -0.25) is 4.90 Å². The maximum Gasteiger partial charge on any atom is 0.416 e. The third-order valence-electron chi connectivity index (χ3n) is 3.94. The number of fused-ring (bicyclic) bond motifs is 1. The molecule has 27 heavy (non-hydrogen) atoms. The fourth-order valence-corrected chi connectivity index (χ4v) is 2.80. The summed E-state index contributed by atoms with van der Waals surface area (Å²) in [6.07, 6.45) is -1.26. The van der Waals surface area contributed by atoms with Crippen LogP contribution in [0.2, 0.25) is 0 Å². The summed E-state index contributed by atoms with van der Waals surface area (Å²) < 4.78 is 43.7. The second-order valence-corrected chi connectivity index (χ2v) is 5.48. The van der Waals surface area contributed by atoms with Crippen LogP contribution in [0.25, 0.3) is 5.70 Å². The van der Waals surface area contributed by atoms with E-state index in [4.69, 9.17) is 10.2 Å². The first kappa shape index (κ1) is 22.6. The van der Waals surface area contributed by atoms with E-state index < -0.39 is 23.5 Å². The number of nitrogens with zero attached hydrogens (tertiary/aromatic N) is 1. The fourth-order valence-electron chi connectivity index (χ4n) is 2.80. The normalized spacial score (nSPS) is 16.7. The zero-order chi connectivity index (χ0) is 20.8. The molecular weight excluding hydrogens is 357 g/mol. The Balaban J connectivity index is 0.000000855. The van der Waals surface area contributed by atoms with E-state index in [1.54, 1.807) is 19.2 Å². The summed E-state index contributed by atoms with van der Waals surface area (Å²) in [6.45, 7) is 8.47. The summed E-state index contributed by atoms with van der Waals surface area (Å²) in [5, 5.41) is 10.1. The van der Waals surface area contributed by atoms with Crippen LogP contribution in [0, 0.1) is 0 Å².